The molecule has 0 aliphatic rings. The second kappa shape index (κ2) is 51.6. The van der Waals surface area contributed by atoms with Crippen molar-refractivity contribution in [1.82, 2.24) is 0 Å². The van der Waals surface area contributed by atoms with E-state index in [9.17, 15) is 0 Å². The molecule has 0 fully saturated rings. The van der Waals surface area contributed by atoms with Crippen molar-refractivity contribution in [1.29, 1.82) is 0 Å². The van der Waals surface area contributed by atoms with Gasteiger partial charge in [-0.05, 0) is 26.2 Å². The van der Waals surface area contributed by atoms with E-state index < -0.39 is 0 Å². The van der Waals surface area contributed by atoms with Gasteiger partial charge >= 0.3 is 6.57 Å². The highest BCUT2D eigenvalue weighted by atomic mass is 16.5. The third-order valence-electron chi connectivity index (χ3n) is 4.62. The SMILES string of the molecule is C#[N+]O.CC.CC.CCCOCCOCCOCCCCCCCCCCCOCCOCCOCC. The molecular weight excluding hydrogens is 474 g/mol. The predicted octanol–water partition coefficient (Wildman–Crippen LogP) is 7.42. The molecule has 0 radical (unpaired) electrons. The van der Waals surface area contributed by atoms with Gasteiger partial charge in [-0.15, -0.1) is 0 Å². The monoisotopic (exact) mass is 538 g/mol. The lowest BCUT2D eigenvalue weighted by atomic mass is 10.1. The fourth-order valence-corrected chi connectivity index (χ4v) is 2.92. The van der Waals surface area contributed by atoms with E-state index in [-0.39, 0.29) is 0 Å². The molecule has 0 aliphatic carbocycles. The molecule has 8 nitrogen and oxygen atoms in total. The molecule has 226 valence electrons. The van der Waals surface area contributed by atoms with Crippen molar-refractivity contribution in [3.05, 3.63) is 5.01 Å². The largest absolute Gasteiger partial charge is 0.379 e. The molecule has 0 aromatic heterocycles. The second-order valence-corrected chi connectivity index (χ2v) is 7.56. The van der Waals surface area contributed by atoms with Gasteiger partial charge in [-0.3, -0.25) is 0 Å². The Morgan fingerprint density at radius 1 is 0.432 bits per heavy atom. The minimum absolute atomic E-state index is 0.661. The van der Waals surface area contributed by atoms with Crippen LogP contribution in [0.2, 0.25) is 0 Å². The summed E-state index contributed by atoms with van der Waals surface area (Å²) >= 11 is 0. The van der Waals surface area contributed by atoms with Gasteiger partial charge in [0.1, 0.15) is 0 Å². The summed E-state index contributed by atoms with van der Waals surface area (Å²) in [4.78, 5) is 0. The first kappa shape index (κ1) is 43.1. The van der Waals surface area contributed by atoms with E-state index in [2.05, 4.69) is 13.5 Å². The molecule has 0 saturated heterocycles. The minimum atomic E-state index is 0.661. The molecule has 0 spiro atoms. The molecule has 0 aromatic rings. The lowest BCUT2D eigenvalue weighted by Crippen LogP contribution is -2.10. The molecule has 0 heterocycles. The Morgan fingerprint density at radius 3 is 0.973 bits per heavy atom. The zero-order valence-corrected chi connectivity index (χ0v) is 25.5. The number of ether oxygens (including phenoxy) is 6. The Hall–Kier alpha value is -0.950. The number of rotatable bonds is 27. The van der Waals surface area contributed by atoms with E-state index in [0.717, 1.165) is 45.7 Å². The fraction of sp³-hybridized carbons (Fsp3) is 0.966. The molecule has 0 amide bonds. The van der Waals surface area contributed by atoms with Gasteiger partial charge in [-0.1, -0.05) is 79.6 Å². The van der Waals surface area contributed by atoms with Crippen molar-refractivity contribution in [3.8, 4) is 6.57 Å². The van der Waals surface area contributed by atoms with Gasteiger partial charge in [0.15, 0.2) is 0 Å². The van der Waals surface area contributed by atoms with Crippen molar-refractivity contribution in [2.45, 2.75) is 106 Å². The summed E-state index contributed by atoms with van der Waals surface area (Å²) in [5.74, 6) is 0. The molecule has 0 atom stereocenters. The zero-order chi connectivity index (χ0) is 28.5. The second-order valence-electron chi connectivity index (χ2n) is 7.56. The maximum absolute atomic E-state index is 6.97. The van der Waals surface area contributed by atoms with Gasteiger partial charge in [0.25, 0.3) is 0 Å². The van der Waals surface area contributed by atoms with E-state index in [4.69, 9.17) is 33.6 Å². The van der Waals surface area contributed by atoms with E-state index >= 15 is 0 Å². The van der Waals surface area contributed by atoms with Crippen molar-refractivity contribution < 1.29 is 33.6 Å². The van der Waals surface area contributed by atoms with E-state index in [0.29, 0.717) is 52.9 Å². The molecule has 0 saturated carbocycles. The summed E-state index contributed by atoms with van der Waals surface area (Å²) in [7, 11) is 0. The number of hydrogen-bond donors (Lipinski definition) is 1. The van der Waals surface area contributed by atoms with Crippen LogP contribution in [0.5, 0.6) is 0 Å². The van der Waals surface area contributed by atoms with Gasteiger partial charge in [-0.2, -0.15) is 5.21 Å². The third-order valence-corrected chi connectivity index (χ3v) is 4.62. The highest BCUT2D eigenvalue weighted by Gasteiger charge is 1.95. The van der Waals surface area contributed by atoms with Gasteiger partial charge < -0.3 is 28.4 Å². The molecule has 1 N–H and O–H groups in total. The van der Waals surface area contributed by atoms with Crippen LogP contribution in [0.15, 0.2) is 0 Å². The van der Waals surface area contributed by atoms with Crippen molar-refractivity contribution in [2.24, 2.45) is 0 Å². The first-order valence-corrected chi connectivity index (χ1v) is 14.8. The molecule has 0 aliphatic heterocycles. The summed E-state index contributed by atoms with van der Waals surface area (Å²) in [5, 5.41) is 8.97. The van der Waals surface area contributed by atoms with E-state index in [1.807, 2.05) is 39.6 Å². The molecule has 8 heteroatoms. The summed E-state index contributed by atoms with van der Waals surface area (Å²) in [6.07, 6.45) is 12.6. The van der Waals surface area contributed by atoms with Crippen LogP contribution in [0.1, 0.15) is 106 Å². The van der Waals surface area contributed by atoms with Crippen LogP contribution < -0.4 is 0 Å². The Balaban J connectivity index is -0.000000703. The quantitative estimate of drug-likeness (QED) is 0.0861. The number of nitrogens with zero attached hydrogens (tertiary/aromatic N) is 1. The van der Waals surface area contributed by atoms with Crippen LogP contribution >= 0.6 is 0 Å². The smallest absolute Gasteiger partial charge is 0.335 e. The number of unbranched alkanes of at least 4 members (excludes halogenated alkanes) is 8. The van der Waals surface area contributed by atoms with E-state index in [1.165, 1.54) is 44.9 Å². The van der Waals surface area contributed by atoms with Crippen molar-refractivity contribution >= 4 is 0 Å². The summed E-state index contributed by atoms with van der Waals surface area (Å²) < 4.78 is 32.6. The van der Waals surface area contributed by atoms with Crippen LogP contribution in [0.3, 0.4) is 0 Å². The lowest BCUT2D eigenvalue weighted by Gasteiger charge is -2.07. The Labute approximate surface area is 230 Å². The van der Waals surface area contributed by atoms with Gasteiger partial charge in [0.05, 0.1) is 52.9 Å². The van der Waals surface area contributed by atoms with Crippen LogP contribution in [0.25, 0.3) is 5.01 Å². The Bertz CT molecular complexity index is 341. The standard InChI is InChI=1S/C24H50O6.2C2H6.CHNO/c1-3-14-26-19-22-30-24-21-28-16-13-11-9-7-5-6-8-10-12-15-27-20-23-29-18-17-25-4-2;2*1-2;1-2-3/h3-24H2,1-2H3;2*1-2H3;1H/p+1. The third kappa shape index (κ3) is 56.4. The van der Waals surface area contributed by atoms with Crippen LogP contribution in [-0.2, 0) is 28.4 Å². The summed E-state index contributed by atoms with van der Waals surface area (Å²) in [6, 6.07) is 0. The topological polar surface area (TPSA) is 80.0 Å². The average molecular weight is 539 g/mol. The van der Waals surface area contributed by atoms with Gasteiger partial charge in [0, 0.05) is 26.4 Å². The molecule has 37 heavy (non-hydrogen) atoms. The van der Waals surface area contributed by atoms with Crippen molar-refractivity contribution in [2.75, 3.05) is 79.3 Å². The first-order chi connectivity index (χ1) is 18.3. The normalized spacial score (nSPS) is 9.76. The average Bonchev–Trinajstić information content (AvgIpc) is 2.93. The first-order valence-electron chi connectivity index (χ1n) is 14.8. The fourth-order valence-electron chi connectivity index (χ4n) is 2.92. The van der Waals surface area contributed by atoms with Gasteiger partial charge in [0.2, 0.25) is 5.01 Å². The lowest BCUT2D eigenvalue weighted by molar-refractivity contribution is 0.0140. The van der Waals surface area contributed by atoms with E-state index in [1.54, 1.807) is 0 Å². The Morgan fingerprint density at radius 2 is 0.676 bits per heavy atom. The van der Waals surface area contributed by atoms with Crippen molar-refractivity contribution in [3.63, 3.8) is 0 Å². The predicted molar refractivity (Wildman–Crippen MR) is 155 cm³/mol. The molecular formula is C29H64NO7+. The molecule has 0 rings (SSSR count). The highest BCUT2D eigenvalue weighted by molar-refractivity contribution is 4.48. The van der Waals surface area contributed by atoms with Gasteiger partial charge in [-0.25, -0.2) is 0 Å². The van der Waals surface area contributed by atoms with Crippen LogP contribution in [0.4, 0.5) is 0 Å². The highest BCUT2D eigenvalue weighted by Crippen LogP contribution is 2.09. The maximum Gasteiger partial charge on any atom is 0.335 e. The Kier molecular flexibility index (Phi) is 60.2. The molecule has 0 aromatic carbocycles. The number of hydrogen-bond acceptors (Lipinski definition) is 7. The van der Waals surface area contributed by atoms with Crippen LogP contribution in [0, 0.1) is 6.57 Å². The maximum atomic E-state index is 6.97. The summed E-state index contributed by atoms with van der Waals surface area (Å²) in [5.41, 5.74) is 0. The van der Waals surface area contributed by atoms with Crippen LogP contribution in [-0.4, -0.2) is 84.5 Å². The zero-order valence-electron chi connectivity index (χ0n) is 25.5. The summed E-state index contributed by atoms with van der Waals surface area (Å²) in [6.45, 7) is 24.8. The molecule has 0 bridgehead atoms. The molecule has 0 unspecified atom stereocenters. The minimum Gasteiger partial charge on any atom is -0.379 e.